The van der Waals surface area contributed by atoms with Crippen LogP contribution in [0.4, 0.5) is 4.79 Å². The van der Waals surface area contributed by atoms with Crippen LogP contribution in [0.25, 0.3) is 0 Å². The molecule has 0 aromatic carbocycles. The van der Waals surface area contributed by atoms with Gasteiger partial charge in [-0.3, -0.25) is 0 Å². The zero-order chi connectivity index (χ0) is 13.8. The molecule has 18 heavy (non-hydrogen) atoms. The molecule has 0 aromatic heterocycles. The Morgan fingerprint density at radius 3 is 2.61 bits per heavy atom. The first-order valence-corrected chi connectivity index (χ1v) is 6.65. The summed E-state index contributed by atoms with van der Waals surface area (Å²) in [4.78, 5) is 11.5. The summed E-state index contributed by atoms with van der Waals surface area (Å²) in [6.07, 6.45) is 0.615. The second kappa shape index (κ2) is 6.38. The molecule has 0 saturated heterocycles. The summed E-state index contributed by atoms with van der Waals surface area (Å²) in [5, 5.41) is 6.27. The van der Waals surface area contributed by atoms with E-state index in [1.807, 2.05) is 27.7 Å². The molecule has 1 fully saturated rings. The number of amides is 1. The van der Waals surface area contributed by atoms with Gasteiger partial charge in [0, 0.05) is 24.7 Å². The van der Waals surface area contributed by atoms with E-state index in [0.29, 0.717) is 18.7 Å². The Morgan fingerprint density at radius 1 is 1.39 bits per heavy atom. The van der Waals surface area contributed by atoms with Crippen LogP contribution in [0, 0.1) is 0 Å². The average molecular weight is 258 g/mol. The van der Waals surface area contributed by atoms with Crippen molar-refractivity contribution in [3.63, 3.8) is 0 Å². The quantitative estimate of drug-likeness (QED) is 0.761. The minimum atomic E-state index is -0.440. The van der Waals surface area contributed by atoms with Crippen molar-refractivity contribution in [3.8, 4) is 0 Å². The van der Waals surface area contributed by atoms with Crippen LogP contribution < -0.4 is 10.6 Å². The molecule has 1 aliphatic carbocycles. The van der Waals surface area contributed by atoms with Crippen LogP contribution >= 0.6 is 0 Å². The number of hydrogen-bond donors (Lipinski definition) is 2. The van der Waals surface area contributed by atoms with Gasteiger partial charge in [-0.1, -0.05) is 0 Å². The molecular weight excluding hydrogens is 232 g/mol. The Labute approximate surface area is 110 Å². The lowest BCUT2D eigenvalue weighted by atomic mass is 10.2. The van der Waals surface area contributed by atoms with Gasteiger partial charge >= 0.3 is 6.09 Å². The van der Waals surface area contributed by atoms with Gasteiger partial charge < -0.3 is 20.1 Å². The molecule has 1 saturated carbocycles. The van der Waals surface area contributed by atoms with Crippen molar-refractivity contribution in [3.05, 3.63) is 0 Å². The highest BCUT2D eigenvalue weighted by Gasteiger charge is 2.39. The number of ether oxygens (including phenoxy) is 2. The van der Waals surface area contributed by atoms with Gasteiger partial charge in [0.2, 0.25) is 0 Å². The number of hydrogen-bond acceptors (Lipinski definition) is 4. The van der Waals surface area contributed by atoms with Crippen molar-refractivity contribution >= 4 is 6.09 Å². The first-order valence-electron chi connectivity index (χ1n) is 6.65. The summed E-state index contributed by atoms with van der Waals surface area (Å²) in [5.74, 6) is 0. The predicted molar refractivity (Wildman–Crippen MR) is 70.7 cm³/mol. The second-order valence-corrected chi connectivity index (χ2v) is 5.82. The van der Waals surface area contributed by atoms with Crippen molar-refractivity contribution in [1.82, 2.24) is 10.6 Å². The van der Waals surface area contributed by atoms with Crippen molar-refractivity contribution in [1.29, 1.82) is 0 Å². The SMILES string of the molecule is CCOCC(C)NC1CC1NC(=O)OC(C)(C)C. The molecule has 0 aromatic rings. The molecule has 3 unspecified atom stereocenters. The van der Waals surface area contributed by atoms with E-state index >= 15 is 0 Å². The smallest absolute Gasteiger partial charge is 0.407 e. The van der Waals surface area contributed by atoms with Gasteiger partial charge in [-0.05, 0) is 41.0 Å². The van der Waals surface area contributed by atoms with Crippen molar-refractivity contribution < 1.29 is 14.3 Å². The van der Waals surface area contributed by atoms with Crippen LogP contribution in [0.5, 0.6) is 0 Å². The Kier molecular flexibility index (Phi) is 5.41. The Balaban J connectivity index is 2.15. The third-order valence-corrected chi connectivity index (χ3v) is 2.56. The molecule has 0 radical (unpaired) electrons. The maximum Gasteiger partial charge on any atom is 0.407 e. The topological polar surface area (TPSA) is 59.6 Å². The summed E-state index contributed by atoms with van der Waals surface area (Å²) in [5.41, 5.74) is -0.440. The average Bonchev–Trinajstić information content (AvgIpc) is 2.90. The van der Waals surface area contributed by atoms with E-state index in [1.165, 1.54) is 0 Å². The van der Waals surface area contributed by atoms with E-state index in [2.05, 4.69) is 17.6 Å². The highest BCUT2D eigenvalue weighted by molar-refractivity contribution is 5.68. The molecule has 1 aliphatic rings. The summed E-state index contributed by atoms with van der Waals surface area (Å²) in [6, 6.07) is 0.831. The number of rotatable bonds is 6. The molecule has 2 N–H and O–H groups in total. The van der Waals surface area contributed by atoms with Crippen LogP contribution in [0.2, 0.25) is 0 Å². The normalized spacial score (nSPS) is 24.5. The van der Waals surface area contributed by atoms with Crippen LogP contribution in [0.15, 0.2) is 0 Å². The largest absolute Gasteiger partial charge is 0.444 e. The van der Waals surface area contributed by atoms with E-state index in [9.17, 15) is 4.79 Å². The molecule has 106 valence electrons. The van der Waals surface area contributed by atoms with Gasteiger partial charge in [-0.25, -0.2) is 4.79 Å². The molecular formula is C13H26N2O3. The fourth-order valence-corrected chi connectivity index (χ4v) is 1.71. The van der Waals surface area contributed by atoms with Crippen molar-refractivity contribution in [2.75, 3.05) is 13.2 Å². The van der Waals surface area contributed by atoms with E-state index in [0.717, 1.165) is 13.0 Å². The van der Waals surface area contributed by atoms with Gasteiger partial charge in [-0.2, -0.15) is 0 Å². The second-order valence-electron chi connectivity index (χ2n) is 5.82. The first kappa shape index (κ1) is 15.2. The Hall–Kier alpha value is -0.810. The summed E-state index contributed by atoms with van der Waals surface area (Å²) in [6.45, 7) is 11.1. The Morgan fingerprint density at radius 2 is 2.06 bits per heavy atom. The van der Waals surface area contributed by atoms with Gasteiger partial charge in [0.1, 0.15) is 5.60 Å². The number of carbonyl (C=O) groups is 1. The monoisotopic (exact) mass is 258 g/mol. The standard InChI is InChI=1S/C13H26N2O3/c1-6-17-8-9(2)14-10-7-11(10)15-12(16)18-13(3,4)5/h9-11,14H,6-8H2,1-5H3,(H,15,16). The number of nitrogens with one attached hydrogen (secondary N) is 2. The fourth-order valence-electron chi connectivity index (χ4n) is 1.71. The molecule has 5 nitrogen and oxygen atoms in total. The van der Waals surface area contributed by atoms with Gasteiger partial charge in [0.25, 0.3) is 0 Å². The van der Waals surface area contributed by atoms with Crippen LogP contribution in [0.1, 0.15) is 41.0 Å². The predicted octanol–water partition coefficient (Wildman–Crippen LogP) is 1.67. The Bertz CT molecular complexity index is 276. The highest BCUT2D eigenvalue weighted by Crippen LogP contribution is 2.22. The third kappa shape index (κ3) is 6.21. The lowest BCUT2D eigenvalue weighted by Crippen LogP contribution is -2.39. The van der Waals surface area contributed by atoms with Crippen LogP contribution in [-0.4, -0.2) is 43.0 Å². The zero-order valence-corrected chi connectivity index (χ0v) is 12.1. The van der Waals surface area contributed by atoms with Crippen molar-refractivity contribution in [2.24, 2.45) is 0 Å². The molecule has 0 bridgehead atoms. The summed E-state index contributed by atoms with van der Waals surface area (Å²) < 4.78 is 10.5. The minimum absolute atomic E-state index is 0.184. The summed E-state index contributed by atoms with van der Waals surface area (Å²) >= 11 is 0. The molecule has 1 amide bonds. The summed E-state index contributed by atoms with van der Waals surface area (Å²) in [7, 11) is 0. The highest BCUT2D eigenvalue weighted by atomic mass is 16.6. The molecule has 0 heterocycles. The fraction of sp³-hybridized carbons (Fsp3) is 0.923. The molecule has 3 atom stereocenters. The van der Waals surface area contributed by atoms with Gasteiger partial charge in [0.05, 0.1) is 6.61 Å². The minimum Gasteiger partial charge on any atom is -0.444 e. The lowest BCUT2D eigenvalue weighted by molar-refractivity contribution is 0.0521. The first-order chi connectivity index (χ1) is 8.31. The zero-order valence-electron chi connectivity index (χ0n) is 12.1. The van der Waals surface area contributed by atoms with Crippen LogP contribution in [0.3, 0.4) is 0 Å². The van der Waals surface area contributed by atoms with Gasteiger partial charge in [0.15, 0.2) is 0 Å². The lowest BCUT2D eigenvalue weighted by Gasteiger charge is -2.20. The molecule has 1 rings (SSSR count). The van der Waals surface area contributed by atoms with Crippen molar-refractivity contribution in [2.45, 2.75) is 64.8 Å². The molecule has 0 spiro atoms. The third-order valence-electron chi connectivity index (χ3n) is 2.56. The number of carbonyl (C=O) groups excluding carboxylic acids is 1. The van der Waals surface area contributed by atoms with E-state index in [-0.39, 0.29) is 12.1 Å². The van der Waals surface area contributed by atoms with E-state index in [4.69, 9.17) is 9.47 Å². The maximum absolute atomic E-state index is 11.5. The van der Waals surface area contributed by atoms with Crippen LogP contribution in [-0.2, 0) is 9.47 Å². The maximum atomic E-state index is 11.5. The molecule has 5 heteroatoms. The van der Waals surface area contributed by atoms with Gasteiger partial charge in [-0.15, -0.1) is 0 Å². The van der Waals surface area contributed by atoms with E-state index < -0.39 is 5.60 Å². The van der Waals surface area contributed by atoms with E-state index in [1.54, 1.807) is 0 Å². The molecule has 0 aliphatic heterocycles. The number of alkyl carbamates (subject to hydrolysis) is 1.